The molecule has 0 radical (unpaired) electrons. The lowest BCUT2D eigenvalue weighted by Crippen LogP contribution is -2.61. The summed E-state index contributed by atoms with van der Waals surface area (Å²) in [5.74, 6) is -1.75. The fourth-order valence-corrected chi connectivity index (χ4v) is 3.66. The molecule has 180 valence electrons. The quantitative estimate of drug-likeness (QED) is 0.465. The first-order valence-electron chi connectivity index (χ1n) is 10.5. The van der Waals surface area contributed by atoms with Crippen molar-refractivity contribution in [3.05, 3.63) is 65.0 Å². The highest BCUT2D eigenvalue weighted by Crippen LogP contribution is 2.31. The third-order valence-electron chi connectivity index (χ3n) is 4.76. The number of rotatable bonds is 4. The molecular weight excluding hydrogens is 426 g/mol. The average molecular weight is 460 g/mol. The van der Waals surface area contributed by atoms with Crippen LogP contribution in [0, 0.1) is 13.8 Å². The van der Waals surface area contributed by atoms with Crippen LogP contribution in [-0.4, -0.2) is 57.3 Å². The van der Waals surface area contributed by atoms with Gasteiger partial charge in [-0.05, 0) is 50.1 Å². The van der Waals surface area contributed by atoms with Crippen molar-refractivity contribution in [2.75, 3.05) is 13.1 Å². The molecule has 0 spiro atoms. The van der Waals surface area contributed by atoms with Gasteiger partial charge in [0.2, 0.25) is 5.91 Å². The van der Waals surface area contributed by atoms with E-state index in [1.807, 2.05) is 56.3 Å². The molecule has 2 atom stereocenters. The lowest BCUT2D eigenvalue weighted by Gasteiger charge is -2.43. The first-order chi connectivity index (χ1) is 15.5. The van der Waals surface area contributed by atoms with Crippen LogP contribution in [0.1, 0.15) is 42.8 Å². The van der Waals surface area contributed by atoms with Gasteiger partial charge in [0, 0.05) is 31.8 Å². The van der Waals surface area contributed by atoms with Gasteiger partial charge < -0.3 is 26.0 Å². The lowest BCUT2D eigenvalue weighted by molar-refractivity contribution is -0.135. The van der Waals surface area contributed by atoms with Gasteiger partial charge in [-0.2, -0.15) is 0 Å². The van der Waals surface area contributed by atoms with E-state index in [9.17, 15) is 9.90 Å². The fourth-order valence-electron chi connectivity index (χ4n) is 3.66. The second-order valence-electron chi connectivity index (χ2n) is 7.83. The minimum absolute atomic E-state index is 0.0881. The van der Waals surface area contributed by atoms with Crippen LogP contribution in [0.4, 0.5) is 0 Å². The van der Waals surface area contributed by atoms with Crippen LogP contribution in [0.15, 0.2) is 42.5 Å². The number of benzene rings is 1. The number of carbonyl (C=O) groups is 3. The van der Waals surface area contributed by atoms with Crippen molar-refractivity contribution in [3.63, 3.8) is 0 Å². The number of aliphatic carboxylic acids is 2. The van der Waals surface area contributed by atoms with Gasteiger partial charge in [0.05, 0.1) is 18.1 Å². The second kappa shape index (κ2) is 13.3. The third-order valence-corrected chi connectivity index (χ3v) is 4.76. The Labute approximate surface area is 193 Å². The van der Waals surface area contributed by atoms with Crippen LogP contribution in [0.5, 0.6) is 0 Å². The number of carboxylic acid groups (broad SMARTS) is 2. The average Bonchev–Trinajstić information content (AvgIpc) is 2.69. The molecule has 3 rings (SSSR count). The van der Waals surface area contributed by atoms with E-state index in [4.69, 9.17) is 19.8 Å². The van der Waals surface area contributed by atoms with Crippen molar-refractivity contribution in [2.45, 2.75) is 52.2 Å². The third kappa shape index (κ3) is 9.80. The van der Waals surface area contributed by atoms with E-state index in [2.05, 4.69) is 15.6 Å². The zero-order valence-corrected chi connectivity index (χ0v) is 19.5. The summed E-state index contributed by atoms with van der Waals surface area (Å²) >= 11 is 0. The number of carbonyl (C=O) groups excluding carboxylic acids is 1. The standard InChI is InChI=1S/C20H25N3O2.2C2H4O2/c1-14-10-16(11-15(2)22-14)12-19(25)23-20(8-9-21-13-18(20)24)17-6-4-3-5-7-17;2*1-2(3)4/h3-7,10-11,18,21,24H,8-9,12-13H2,1-2H3,(H,23,25);2*1H3,(H,3,4)/t18-,20-;;/m1../s1. The van der Waals surface area contributed by atoms with Gasteiger partial charge in [-0.15, -0.1) is 0 Å². The molecule has 9 nitrogen and oxygen atoms in total. The number of amides is 1. The minimum atomic E-state index is -0.833. The van der Waals surface area contributed by atoms with Crippen LogP contribution in [0.25, 0.3) is 0 Å². The van der Waals surface area contributed by atoms with Crippen LogP contribution < -0.4 is 10.6 Å². The van der Waals surface area contributed by atoms with Crippen molar-refractivity contribution in [2.24, 2.45) is 0 Å². The number of aliphatic hydroxyl groups excluding tert-OH is 1. The maximum atomic E-state index is 12.8. The molecule has 2 heterocycles. The van der Waals surface area contributed by atoms with E-state index in [0.29, 0.717) is 13.0 Å². The summed E-state index contributed by atoms with van der Waals surface area (Å²) in [5, 5.41) is 31.8. The molecule has 9 heteroatoms. The molecule has 2 aromatic rings. The highest BCUT2D eigenvalue weighted by molar-refractivity contribution is 5.79. The number of carboxylic acids is 2. The van der Waals surface area contributed by atoms with Crippen LogP contribution in [0.2, 0.25) is 0 Å². The van der Waals surface area contributed by atoms with Crippen molar-refractivity contribution in [1.82, 2.24) is 15.6 Å². The fraction of sp³-hybridized carbons (Fsp3) is 0.417. The summed E-state index contributed by atoms with van der Waals surface area (Å²) in [5.41, 5.74) is 2.94. The number of aryl methyl sites for hydroxylation is 2. The van der Waals surface area contributed by atoms with Crippen molar-refractivity contribution < 1.29 is 29.7 Å². The first-order valence-corrected chi connectivity index (χ1v) is 10.5. The number of aliphatic hydroxyl groups is 1. The Morgan fingerprint density at radius 1 is 1.06 bits per heavy atom. The number of hydrogen-bond acceptors (Lipinski definition) is 6. The van der Waals surface area contributed by atoms with E-state index < -0.39 is 23.6 Å². The van der Waals surface area contributed by atoms with Gasteiger partial charge in [-0.3, -0.25) is 19.4 Å². The molecule has 1 aliphatic heterocycles. The molecule has 1 saturated heterocycles. The zero-order chi connectivity index (χ0) is 25.0. The summed E-state index contributed by atoms with van der Waals surface area (Å²) in [4.78, 5) is 35.1. The molecule has 1 amide bonds. The van der Waals surface area contributed by atoms with E-state index >= 15 is 0 Å². The summed E-state index contributed by atoms with van der Waals surface area (Å²) < 4.78 is 0. The minimum Gasteiger partial charge on any atom is -0.481 e. The van der Waals surface area contributed by atoms with Gasteiger partial charge in [0.1, 0.15) is 0 Å². The smallest absolute Gasteiger partial charge is 0.300 e. The Kier molecular flexibility index (Phi) is 11.2. The molecule has 5 N–H and O–H groups in total. The van der Waals surface area contributed by atoms with E-state index in [0.717, 1.165) is 42.9 Å². The number of aromatic nitrogens is 1. The number of hydrogen-bond donors (Lipinski definition) is 5. The monoisotopic (exact) mass is 459 g/mol. The van der Waals surface area contributed by atoms with Gasteiger partial charge in [0.15, 0.2) is 0 Å². The van der Waals surface area contributed by atoms with Gasteiger partial charge in [-0.1, -0.05) is 30.3 Å². The molecule has 1 aromatic carbocycles. The second-order valence-corrected chi connectivity index (χ2v) is 7.83. The number of nitrogens with one attached hydrogen (secondary N) is 2. The lowest BCUT2D eigenvalue weighted by atomic mass is 9.79. The molecule has 1 fully saturated rings. The Morgan fingerprint density at radius 3 is 2.06 bits per heavy atom. The maximum Gasteiger partial charge on any atom is 0.300 e. The van der Waals surface area contributed by atoms with Gasteiger partial charge in [0.25, 0.3) is 11.9 Å². The predicted octanol–water partition coefficient (Wildman–Crippen LogP) is 1.79. The van der Waals surface area contributed by atoms with Crippen LogP contribution in [0.3, 0.4) is 0 Å². The molecule has 0 unspecified atom stereocenters. The highest BCUT2D eigenvalue weighted by atomic mass is 16.4. The highest BCUT2D eigenvalue weighted by Gasteiger charge is 2.42. The molecular formula is C24H33N3O6. The molecule has 0 bridgehead atoms. The van der Waals surface area contributed by atoms with Gasteiger partial charge in [-0.25, -0.2) is 0 Å². The van der Waals surface area contributed by atoms with Crippen molar-refractivity contribution in [1.29, 1.82) is 0 Å². The van der Waals surface area contributed by atoms with Crippen LogP contribution >= 0.6 is 0 Å². The summed E-state index contributed by atoms with van der Waals surface area (Å²) in [6.07, 6.45) is 0.255. The zero-order valence-electron chi connectivity index (χ0n) is 19.5. The Bertz CT molecular complexity index is 895. The number of β-amino-alcohol motifs (C(OH)–C–C–N with tert-alkyl or cyclic N) is 1. The largest absolute Gasteiger partial charge is 0.481 e. The summed E-state index contributed by atoms with van der Waals surface area (Å²) in [7, 11) is 0. The normalized spacial score (nSPS) is 19.1. The Morgan fingerprint density at radius 2 is 1.58 bits per heavy atom. The first kappa shape index (κ1) is 27.7. The molecule has 1 aromatic heterocycles. The molecule has 1 aliphatic rings. The van der Waals surface area contributed by atoms with E-state index in [1.165, 1.54) is 0 Å². The summed E-state index contributed by atoms with van der Waals surface area (Å²) in [6.45, 7) is 7.23. The van der Waals surface area contributed by atoms with Gasteiger partial charge >= 0.3 is 0 Å². The maximum absolute atomic E-state index is 12.8. The van der Waals surface area contributed by atoms with E-state index in [-0.39, 0.29) is 12.3 Å². The predicted molar refractivity (Wildman–Crippen MR) is 124 cm³/mol. The number of nitrogens with zero attached hydrogens (tertiary/aromatic N) is 1. The molecule has 0 aliphatic carbocycles. The van der Waals surface area contributed by atoms with E-state index in [1.54, 1.807) is 0 Å². The van der Waals surface area contributed by atoms with Crippen molar-refractivity contribution >= 4 is 17.8 Å². The molecule has 33 heavy (non-hydrogen) atoms. The van der Waals surface area contributed by atoms with Crippen LogP contribution in [-0.2, 0) is 26.3 Å². The number of pyridine rings is 1. The SMILES string of the molecule is CC(=O)O.CC(=O)O.Cc1cc(CC(=O)N[C@@]2(c3ccccc3)CCNC[C@H]2O)cc(C)n1. The van der Waals surface area contributed by atoms with Crippen molar-refractivity contribution in [3.8, 4) is 0 Å². The number of piperidine rings is 1. The summed E-state index contributed by atoms with van der Waals surface area (Å²) in [6, 6.07) is 13.6. The topological polar surface area (TPSA) is 149 Å². The Balaban J connectivity index is 0.000000591. The Hall–Kier alpha value is -3.30. The molecule has 0 saturated carbocycles.